The molecule has 0 spiro atoms. The number of nitrogens with one attached hydrogen (secondary N) is 2. The van der Waals surface area contributed by atoms with Crippen molar-refractivity contribution in [2.24, 2.45) is 0 Å². The van der Waals surface area contributed by atoms with Crippen molar-refractivity contribution in [2.75, 3.05) is 31.0 Å². The number of hydrogen-bond acceptors (Lipinski definition) is 8. The van der Waals surface area contributed by atoms with Crippen LogP contribution in [0.4, 0.5) is 11.4 Å². The van der Waals surface area contributed by atoms with Gasteiger partial charge in [0.2, 0.25) is 5.78 Å². The Morgan fingerprint density at radius 2 is 1.44 bits per heavy atom. The number of alkyl halides is 1. The fraction of sp³-hybridized carbons (Fsp3) is 0.425. The lowest BCUT2D eigenvalue weighted by atomic mass is 9.76. The number of anilines is 2. The van der Waals surface area contributed by atoms with E-state index in [0.717, 1.165) is 18.4 Å². The Balaban J connectivity index is 1.59. The number of ether oxygens (including phenoxy) is 3. The fourth-order valence-corrected chi connectivity index (χ4v) is 5.99. The summed E-state index contributed by atoms with van der Waals surface area (Å²) >= 11 is 6.78. The summed E-state index contributed by atoms with van der Waals surface area (Å²) in [7, 11) is 1.45. The minimum atomic E-state index is -2.79. The summed E-state index contributed by atoms with van der Waals surface area (Å²) in [5, 5.41) is 5.41. The Kier molecular flexibility index (Phi) is 12.5. The highest BCUT2D eigenvalue weighted by Gasteiger charge is 2.55. The van der Waals surface area contributed by atoms with Crippen LogP contribution in [0, 0.1) is 0 Å². The lowest BCUT2D eigenvalue weighted by Crippen LogP contribution is -2.65. The molecule has 0 bridgehead atoms. The highest BCUT2D eigenvalue weighted by Crippen LogP contribution is 2.39. The van der Waals surface area contributed by atoms with Crippen molar-refractivity contribution in [3.05, 3.63) is 83.4 Å². The van der Waals surface area contributed by atoms with Gasteiger partial charge in [0.05, 0.1) is 7.11 Å². The van der Waals surface area contributed by atoms with Crippen LogP contribution in [0.2, 0.25) is 0 Å². The lowest BCUT2D eigenvalue weighted by Gasteiger charge is -2.37. The molecule has 52 heavy (non-hydrogen) atoms. The molecule has 1 aliphatic heterocycles. The number of carbonyl (C=O) groups excluding carboxylic acids is 5. The average Bonchev–Trinajstić information content (AvgIpc) is 3.13. The van der Waals surface area contributed by atoms with E-state index in [0.29, 0.717) is 28.5 Å². The molecule has 1 aliphatic rings. The average molecular weight is 734 g/mol. The number of carbonyl (C=O) groups is 5. The maximum absolute atomic E-state index is 13.9. The normalized spacial score (nSPS) is 15.4. The van der Waals surface area contributed by atoms with Gasteiger partial charge in [-0.05, 0) is 84.2 Å². The first-order chi connectivity index (χ1) is 24.5. The predicted octanol–water partition coefficient (Wildman–Crippen LogP) is 7.01. The van der Waals surface area contributed by atoms with Gasteiger partial charge in [0, 0.05) is 22.5 Å². The minimum absolute atomic E-state index is 0.0293. The maximum Gasteiger partial charge on any atom is 0.274 e. The number of amides is 4. The SMILES string of the molecule is CCC(Oc1ccc(C(C)(C)CC)cc1C(C)(C)CC)C(=O)Nc1cccc(NC(=O)C(Cl)(C(=O)c2ccc(OC)cc2)N2C(=O)COCC2=O)c1. The number of ketones is 1. The Morgan fingerprint density at radius 3 is 2.00 bits per heavy atom. The maximum atomic E-state index is 13.9. The zero-order valence-corrected chi connectivity index (χ0v) is 31.8. The summed E-state index contributed by atoms with van der Waals surface area (Å²) < 4.78 is 16.5. The molecule has 1 fully saturated rings. The van der Waals surface area contributed by atoms with Gasteiger partial charge in [0.1, 0.15) is 24.7 Å². The van der Waals surface area contributed by atoms with E-state index in [1.165, 1.54) is 49.1 Å². The highest BCUT2D eigenvalue weighted by atomic mass is 35.5. The molecule has 12 heteroatoms. The first kappa shape index (κ1) is 40.0. The van der Waals surface area contributed by atoms with Crippen molar-refractivity contribution in [3.8, 4) is 11.5 Å². The summed E-state index contributed by atoms with van der Waals surface area (Å²) in [5.41, 5.74) is 2.40. The van der Waals surface area contributed by atoms with Crippen LogP contribution < -0.4 is 20.1 Å². The summed E-state index contributed by atoms with van der Waals surface area (Å²) in [6, 6.07) is 18.1. The van der Waals surface area contributed by atoms with Gasteiger partial charge in [0.15, 0.2) is 6.10 Å². The molecule has 0 saturated carbocycles. The summed E-state index contributed by atoms with van der Waals surface area (Å²) in [6.45, 7) is 13.8. The number of halogens is 1. The first-order valence-corrected chi connectivity index (χ1v) is 17.8. The van der Waals surface area contributed by atoms with Gasteiger partial charge in [-0.3, -0.25) is 24.0 Å². The molecule has 3 aromatic carbocycles. The molecule has 2 atom stereocenters. The molecule has 2 N–H and O–H groups in total. The third-order valence-corrected chi connectivity index (χ3v) is 10.3. The fourth-order valence-electron chi connectivity index (χ4n) is 5.64. The largest absolute Gasteiger partial charge is 0.497 e. The van der Waals surface area contributed by atoms with Gasteiger partial charge in [-0.15, -0.1) is 0 Å². The van der Waals surface area contributed by atoms with E-state index < -0.39 is 53.7 Å². The molecule has 0 radical (unpaired) electrons. The van der Waals surface area contributed by atoms with Gasteiger partial charge in [-0.25, -0.2) is 4.90 Å². The quantitative estimate of drug-likeness (QED) is 0.0559. The van der Waals surface area contributed by atoms with Crippen molar-refractivity contribution in [1.29, 1.82) is 0 Å². The predicted molar refractivity (Wildman–Crippen MR) is 200 cm³/mol. The summed E-state index contributed by atoms with van der Waals surface area (Å²) in [6.07, 6.45) is 1.36. The van der Waals surface area contributed by atoms with Crippen LogP contribution in [-0.2, 0) is 34.7 Å². The van der Waals surface area contributed by atoms with Gasteiger partial charge >= 0.3 is 0 Å². The first-order valence-electron chi connectivity index (χ1n) is 17.4. The third-order valence-electron chi connectivity index (χ3n) is 9.79. The smallest absolute Gasteiger partial charge is 0.274 e. The van der Waals surface area contributed by atoms with E-state index in [1.807, 2.05) is 13.0 Å². The van der Waals surface area contributed by atoms with Crippen LogP contribution in [0.25, 0.3) is 0 Å². The monoisotopic (exact) mass is 733 g/mol. The van der Waals surface area contributed by atoms with Crippen LogP contribution in [0.3, 0.4) is 0 Å². The van der Waals surface area contributed by atoms with Crippen LogP contribution in [0.15, 0.2) is 66.7 Å². The van der Waals surface area contributed by atoms with E-state index in [9.17, 15) is 24.0 Å². The number of hydrogen-bond donors (Lipinski definition) is 2. The number of morpholine rings is 1. The topological polar surface area (TPSA) is 140 Å². The highest BCUT2D eigenvalue weighted by molar-refractivity contribution is 6.51. The lowest BCUT2D eigenvalue weighted by molar-refractivity contribution is -0.163. The van der Waals surface area contributed by atoms with Crippen LogP contribution >= 0.6 is 11.6 Å². The molecular weight excluding hydrogens is 686 g/mol. The van der Waals surface area contributed by atoms with Crippen molar-refractivity contribution in [1.82, 2.24) is 4.90 Å². The van der Waals surface area contributed by atoms with Crippen molar-refractivity contribution in [2.45, 2.75) is 89.7 Å². The van der Waals surface area contributed by atoms with Crippen molar-refractivity contribution >= 4 is 52.4 Å². The number of Topliss-reactive ketones (excluding diaryl/α,β-unsaturated/α-hetero) is 1. The molecule has 2 unspecified atom stereocenters. The molecule has 4 rings (SSSR count). The Morgan fingerprint density at radius 1 is 0.846 bits per heavy atom. The molecule has 278 valence electrons. The molecule has 3 aromatic rings. The van der Waals surface area contributed by atoms with Crippen LogP contribution in [-0.4, -0.2) is 65.7 Å². The van der Waals surface area contributed by atoms with Gasteiger partial charge < -0.3 is 24.8 Å². The second kappa shape index (κ2) is 16.3. The number of methoxy groups -OCH3 is 1. The Bertz CT molecular complexity index is 1810. The molecule has 0 aliphatic carbocycles. The van der Waals surface area contributed by atoms with Crippen LogP contribution in [0.5, 0.6) is 11.5 Å². The Labute approximate surface area is 310 Å². The third kappa shape index (κ3) is 8.48. The van der Waals surface area contributed by atoms with E-state index in [1.54, 1.807) is 12.1 Å². The standard InChI is InChI=1S/C40H48ClN3O8/c1-9-31(52-32-20-17-26(38(4,5)10-2)21-30(32)39(6,7)11-3)36(48)42-27-13-12-14-28(22-27)43-37(49)40(41,44-33(45)23-51-24-34(44)46)35(47)25-15-18-29(50-8)19-16-25/h12-22,31H,9-11,23-24H2,1-8H3,(H,42,48)(H,43,49). The summed E-state index contributed by atoms with van der Waals surface area (Å²) in [5.74, 6) is -3.41. The molecule has 11 nitrogen and oxygen atoms in total. The van der Waals surface area contributed by atoms with Crippen molar-refractivity contribution in [3.63, 3.8) is 0 Å². The second-order valence-electron chi connectivity index (χ2n) is 14.0. The number of imide groups is 1. The molecular formula is C40H48ClN3O8. The number of nitrogens with zero attached hydrogens (tertiary/aromatic N) is 1. The minimum Gasteiger partial charge on any atom is -0.497 e. The van der Waals surface area contributed by atoms with E-state index in [2.05, 4.69) is 64.3 Å². The van der Waals surface area contributed by atoms with E-state index >= 15 is 0 Å². The molecule has 4 amide bonds. The van der Waals surface area contributed by atoms with Gasteiger partial charge in [-0.1, -0.05) is 78.3 Å². The van der Waals surface area contributed by atoms with E-state index in [4.69, 9.17) is 25.8 Å². The van der Waals surface area contributed by atoms with Gasteiger partial charge in [0.25, 0.3) is 28.6 Å². The zero-order valence-electron chi connectivity index (χ0n) is 31.1. The second-order valence-corrected chi connectivity index (χ2v) is 14.6. The van der Waals surface area contributed by atoms with E-state index in [-0.39, 0.29) is 22.1 Å². The van der Waals surface area contributed by atoms with Crippen LogP contribution in [0.1, 0.15) is 89.2 Å². The summed E-state index contributed by atoms with van der Waals surface area (Å²) in [4.78, 5) is 64.8. The number of rotatable bonds is 15. The molecule has 1 saturated heterocycles. The zero-order chi connectivity index (χ0) is 38.4. The molecule has 0 aromatic heterocycles. The Hall–Kier alpha value is -4.74. The van der Waals surface area contributed by atoms with Gasteiger partial charge in [-0.2, -0.15) is 0 Å². The van der Waals surface area contributed by atoms with Crippen molar-refractivity contribution < 1.29 is 38.2 Å². The molecule has 1 heterocycles. The number of benzene rings is 3.